The van der Waals surface area contributed by atoms with Gasteiger partial charge in [-0.3, -0.25) is 14.5 Å². The molecule has 6 nitrogen and oxygen atoms in total. The second-order valence-electron chi connectivity index (χ2n) is 6.68. The van der Waals surface area contributed by atoms with E-state index in [2.05, 4.69) is 5.32 Å². The molecule has 1 heterocycles. The summed E-state index contributed by atoms with van der Waals surface area (Å²) >= 11 is 0. The summed E-state index contributed by atoms with van der Waals surface area (Å²) in [6.07, 6.45) is 0. The zero-order chi connectivity index (χ0) is 20.3. The number of anilines is 1. The number of hydrogen-bond donors (Lipinski definition) is 1. The minimum atomic E-state index is -0.353. The van der Waals surface area contributed by atoms with Gasteiger partial charge in [-0.25, -0.2) is 0 Å². The van der Waals surface area contributed by atoms with Crippen molar-refractivity contribution in [2.45, 2.75) is 13.8 Å². The largest absolute Gasteiger partial charge is 0.497 e. The van der Waals surface area contributed by atoms with E-state index < -0.39 is 0 Å². The Morgan fingerprint density at radius 2 is 1.68 bits per heavy atom. The Hall–Kier alpha value is -3.12. The molecule has 1 N–H and O–H groups in total. The normalized spacial score (nSPS) is 14.1. The molecule has 0 radical (unpaired) electrons. The van der Waals surface area contributed by atoms with Gasteiger partial charge in [-0.2, -0.15) is 0 Å². The van der Waals surface area contributed by atoms with E-state index in [1.165, 1.54) is 12.0 Å². The van der Waals surface area contributed by atoms with E-state index in [-0.39, 0.29) is 30.7 Å². The first-order valence-corrected chi connectivity index (χ1v) is 9.04. The van der Waals surface area contributed by atoms with Crippen molar-refractivity contribution in [1.29, 1.82) is 0 Å². The molecule has 1 aliphatic heterocycles. The Balaban J connectivity index is 2.06. The van der Waals surface area contributed by atoms with Crippen molar-refractivity contribution in [3.8, 4) is 5.75 Å². The summed E-state index contributed by atoms with van der Waals surface area (Å²) < 4.78 is 10.3. The number of carbonyl (C=O) groups excluding carboxylic acids is 2. The number of hydrogen-bond acceptors (Lipinski definition) is 5. The third-order valence-electron chi connectivity index (χ3n) is 4.72. The van der Waals surface area contributed by atoms with Crippen LogP contribution in [0.2, 0.25) is 0 Å². The number of amides is 2. The van der Waals surface area contributed by atoms with Gasteiger partial charge in [-0.1, -0.05) is 24.3 Å². The van der Waals surface area contributed by atoms with Crippen molar-refractivity contribution in [2.24, 2.45) is 0 Å². The highest BCUT2D eigenvalue weighted by Crippen LogP contribution is 2.32. The summed E-state index contributed by atoms with van der Waals surface area (Å²) in [7, 11) is 3.12. The van der Waals surface area contributed by atoms with Gasteiger partial charge in [-0.15, -0.1) is 0 Å². The standard InChI is InChI=1S/C22H24N2O4/c1-14-5-6-15(2)18(13-14)23-20-19(16-7-9-17(28-4)10-8-16)21(25)24(22(20)26)11-12-27-3/h5-10,13,23H,11-12H2,1-4H3. The Morgan fingerprint density at radius 1 is 0.964 bits per heavy atom. The summed E-state index contributed by atoms with van der Waals surface area (Å²) in [5.41, 5.74) is 4.14. The van der Waals surface area contributed by atoms with Crippen molar-refractivity contribution in [2.75, 3.05) is 32.7 Å². The molecule has 2 aromatic rings. The molecule has 3 rings (SSSR count). The van der Waals surface area contributed by atoms with Crippen LogP contribution < -0.4 is 10.1 Å². The molecule has 0 atom stereocenters. The molecular weight excluding hydrogens is 356 g/mol. The molecule has 0 bridgehead atoms. The molecule has 0 spiro atoms. The molecule has 6 heteroatoms. The molecule has 0 unspecified atom stereocenters. The van der Waals surface area contributed by atoms with E-state index in [0.29, 0.717) is 16.9 Å². The first-order chi connectivity index (χ1) is 13.5. The molecule has 28 heavy (non-hydrogen) atoms. The van der Waals surface area contributed by atoms with Crippen LogP contribution >= 0.6 is 0 Å². The van der Waals surface area contributed by atoms with Crippen molar-refractivity contribution in [3.05, 3.63) is 64.9 Å². The van der Waals surface area contributed by atoms with Crippen LogP contribution in [0.15, 0.2) is 48.2 Å². The highest BCUT2D eigenvalue weighted by Gasteiger charge is 2.39. The van der Waals surface area contributed by atoms with E-state index >= 15 is 0 Å². The monoisotopic (exact) mass is 380 g/mol. The number of ether oxygens (including phenoxy) is 2. The Morgan fingerprint density at radius 3 is 2.32 bits per heavy atom. The van der Waals surface area contributed by atoms with Gasteiger partial charge in [0.25, 0.3) is 11.8 Å². The number of nitrogens with one attached hydrogen (secondary N) is 1. The molecule has 0 aliphatic carbocycles. The summed E-state index contributed by atoms with van der Waals surface area (Å²) in [5, 5.41) is 3.21. The van der Waals surface area contributed by atoms with Gasteiger partial charge in [0.15, 0.2) is 0 Å². The van der Waals surface area contributed by atoms with Gasteiger partial charge in [0.05, 0.1) is 25.8 Å². The predicted octanol–water partition coefficient (Wildman–Crippen LogP) is 3.15. The number of methoxy groups -OCH3 is 2. The third kappa shape index (κ3) is 3.77. The molecule has 2 amide bonds. The number of aryl methyl sites for hydroxylation is 2. The van der Waals surface area contributed by atoms with Gasteiger partial charge in [0.2, 0.25) is 0 Å². The second-order valence-corrected chi connectivity index (χ2v) is 6.68. The lowest BCUT2D eigenvalue weighted by atomic mass is 10.0. The Kier molecular flexibility index (Phi) is 5.80. The van der Waals surface area contributed by atoms with E-state index in [4.69, 9.17) is 9.47 Å². The minimum absolute atomic E-state index is 0.200. The average molecular weight is 380 g/mol. The van der Waals surface area contributed by atoms with Crippen LogP contribution in [0, 0.1) is 13.8 Å². The Labute approximate surface area is 164 Å². The van der Waals surface area contributed by atoms with Crippen LogP contribution in [0.4, 0.5) is 5.69 Å². The molecule has 146 valence electrons. The average Bonchev–Trinajstić information content (AvgIpc) is 2.93. The quantitative estimate of drug-likeness (QED) is 0.748. The molecule has 1 aliphatic rings. The smallest absolute Gasteiger partial charge is 0.278 e. The summed E-state index contributed by atoms with van der Waals surface area (Å²) in [6, 6.07) is 13.1. The fraction of sp³-hybridized carbons (Fsp3) is 0.273. The van der Waals surface area contributed by atoms with E-state index in [1.807, 2.05) is 32.0 Å². The molecule has 0 aromatic heterocycles. The number of benzene rings is 2. The summed E-state index contributed by atoms with van der Waals surface area (Å²) in [5.74, 6) is -0.00445. The molecule has 0 saturated heterocycles. The summed E-state index contributed by atoms with van der Waals surface area (Å²) in [6.45, 7) is 4.42. The molecule has 2 aromatic carbocycles. The van der Waals surface area contributed by atoms with Crippen LogP contribution in [0.1, 0.15) is 16.7 Å². The van der Waals surface area contributed by atoms with Gasteiger partial charge in [0, 0.05) is 12.8 Å². The van der Waals surface area contributed by atoms with Crippen molar-refractivity contribution < 1.29 is 19.1 Å². The van der Waals surface area contributed by atoms with Gasteiger partial charge < -0.3 is 14.8 Å². The van der Waals surface area contributed by atoms with E-state index in [9.17, 15) is 9.59 Å². The predicted molar refractivity (Wildman–Crippen MR) is 108 cm³/mol. The number of carbonyl (C=O) groups is 2. The van der Waals surface area contributed by atoms with Gasteiger partial charge in [-0.05, 0) is 48.7 Å². The SMILES string of the molecule is COCCN1C(=O)C(Nc2cc(C)ccc2C)=C(c2ccc(OC)cc2)C1=O. The topological polar surface area (TPSA) is 67.9 Å². The lowest BCUT2D eigenvalue weighted by Crippen LogP contribution is -2.35. The lowest BCUT2D eigenvalue weighted by molar-refractivity contribution is -0.137. The van der Waals surface area contributed by atoms with Gasteiger partial charge in [0.1, 0.15) is 11.4 Å². The minimum Gasteiger partial charge on any atom is -0.497 e. The van der Waals surface area contributed by atoms with E-state index in [0.717, 1.165) is 16.8 Å². The first kappa shape index (κ1) is 19.6. The number of rotatable bonds is 7. The maximum Gasteiger partial charge on any atom is 0.278 e. The molecular formula is C22H24N2O4. The zero-order valence-electron chi connectivity index (χ0n) is 16.5. The number of imide groups is 1. The summed E-state index contributed by atoms with van der Waals surface area (Å²) in [4.78, 5) is 27.3. The van der Waals surface area contributed by atoms with Crippen LogP contribution in [0.25, 0.3) is 5.57 Å². The zero-order valence-corrected chi connectivity index (χ0v) is 16.5. The lowest BCUT2D eigenvalue weighted by Gasteiger charge is -2.15. The fourth-order valence-corrected chi connectivity index (χ4v) is 3.11. The van der Waals surface area contributed by atoms with Gasteiger partial charge >= 0.3 is 0 Å². The van der Waals surface area contributed by atoms with Crippen molar-refractivity contribution in [3.63, 3.8) is 0 Å². The van der Waals surface area contributed by atoms with Crippen molar-refractivity contribution >= 4 is 23.1 Å². The first-order valence-electron chi connectivity index (χ1n) is 9.04. The van der Waals surface area contributed by atoms with Crippen molar-refractivity contribution in [1.82, 2.24) is 4.90 Å². The van der Waals surface area contributed by atoms with Crippen LogP contribution in [0.3, 0.4) is 0 Å². The van der Waals surface area contributed by atoms with Crippen LogP contribution in [-0.2, 0) is 14.3 Å². The maximum atomic E-state index is 13.0. The van der Waals surface area contributed by atoms with Crippen LogP contribution in [0.5, 0.6) is 5.75 Å². The Bertz CT molecular complexity index is 932. The molecule has 0 fully saturated rings. The van der Waals surface area contributed by atoms with E-state index in [1.54, 1.807) is 31.4 Å². The second kappa shape index (κ2) is 8.27. The highest BCUT2D eigenvalue weighted by molar-refractivity contribution is 6.36. The van der Waals surface area contributed by atoms with Crippen LogP contribution in [-0.4, -0.2) is 44.1 Å². The fourth-order valence-electron chi connectivity index (χ4n) is 3.11. The maximum absolute atomic E-state index is 13.0. The highest BCUT2D eigenvalue weighted by atomic mass is 16.5. The molecule has 0 saturated carbocycles. The third-order valence-corrected chi connectivity index (χ3v) is 4.72. The number of nitrogens with zero attached hydrogens (tertiary/aromatic N) is 1.